The molecule has 0 fully saturated rings. The zero-order valence-electron chi connectivity index (χ0n) is 6.98. The number of rotatable bonds is 3. The highest BCUT2D eigenvalue weighted by Crippen LogP contribution is 2.06. The standard InChI is InChI=1S/C8H8N2O3/c1-13-8(12)6-2-3-9-7(4-6)10-5-11/h2-5H,1H3,(H,9,10,11). The number of ether oxygens (including phenoxy) is 1. The van der Waals surface area contributed by atoms with E-state index in [-0.39, 0.29) is 0 Å². The van der Waals surface area contributed by atoms with Crippen molar-refractivity contribution >= 4 is 18.2 Å². The summed E-state index contributed by atoms with van der Waals surface area (Å²) in [6.07, 6.45) is 1.90. The van der Waals surface area contributed by atoms with Gasteiger partial charge < -0.3 is 10.1 Å². The van der Waals surface area contributed by atoms with E-state index in [1.807, 2.05) is 0 Å². The van der Waals surface area contributed by atoms with Gasteiger partial charge in [0.2, 0.25) is 6.41 Å². The fraction of sp³-hybridized carbons (Fsp3) is 0.125. The van der Waals surface area contributed by atoms with Gasteiger partial charge in [-0.1, -0.05) is 0 Å². The molecule has 68 valence electrons. The fourth-order valence-electron chi connectivity index (χ4n) is 0.815. The highest BCUT2D eigenvalue weighted by molar-refractivity contribution is 5.90. The fourth-order valence-corrected chi connectivity index (χ4v) is 0.815. The number of anilines is 1. The number of hydrogen-bond acceptors (Lipinski definition) is 4. The van der Waals surface area contributed by atoms with E-state index in [1.54, 1.807) is 0 Å². The summed E-state index contributed by atoms with van der Waals surface area (Å²) < 4.78 is 4.49. The number of methoxy groups -OCH3 is 1. The third-order valence-electron chi connectivity index (χ3n) is 1.39. The number of esters is 1. The average Bonchev–Trinajstić information content (AvgIpc) is 2.18. The molecule has 1 heterocycles. The van der Waals surface area contributed by atoms with E-state index in [0.717, 1.165) is 0 Å². The Morgan fingerprint density at radius 1 is 1.69 bits per heavy atom. The first-order chi connectivity index (χ1) is 6.27. The van der Waals surface area contributed by atoms with Crippen molar-refractivity contribution in [2.45, 2.75) is 0 Å². The van der Waals surface area contributed by atoms with E-state index < -0.39 is 5.97 Å². The molecule has 0 aliphatic rings. The molecule has 1 N–H and O–H groups in total. The second-order valence-corrected chi connectivity index (χ2v) is 2.18. The quantitative estimate of drug-likeness (QED) is 0.541. The van der Waals surface area contributed by atoms with Crippen LogP contribution in [-0.4, -0.2) is 24.5 Å². The van der Waals surface area contributed by atoms with Crippen LogP contribution in [-0.2, 0) is 9.53 Å². The highest BCUT2D eigenvalue weighted by Gasteiger charge is 2.05. The molecule has 5 nitrogen and oxygen atoms in total. The van der Waals surface area contributed by atoms with Crippen LogP contribution in [0.3, 0.4) is 0 Å². The molecule has 1 aromatic rings. The van der Waals surface area contributed by atoms with Crippen LogP contribution >= 0.6 is 0 Å². The van der Waals surface area contributed by atoms with Gasteiger partial charge in [-0.15, -0.1) is 0 Å². The molecule has 1 rings (SSSR count). The van der Waals surface area contributed by atoms with Crippen molar-refractivity contribution in [2.75, 3.05) is 12.4 Å². The maximum absolute atomic E-state index is 11.0. The Labute approximate surface area is 74.7 Å². The third-order valence-corrected chi connectivity index (χ3v) is 1.39. The summed E-state index contributed by atoms with van der Waals surface area (Å²) in [5, 5.41) is 2.33. The average molecular weight is 180 g/mol. The summed E-state index contributed by atoms with van der Waals surface area (Å²) in [5.74, 6) is -0.144. The summed E-state index contributed by atoms with van der Waals surface area (Å²) in [6, 6.07) is 2.93. The molecule has 0 unspecified atom stereocenters. The first-order valence-corrected chi connectivity index (χ1v) is 3.52. The Balaban J connectivity index is 2.90. The maximum Gasteiger partial charge on any atom is 0.338 e. The summed E-state index contributed by atoms with van der Waals surface area (Å²) in [5.41, 5.74) is 0.349. The second kappa shape index (κ2) is 4.20. The SMILES string of the molecule is COC(=O)c1ccnc(NC=O)c1. The Morgan fingerprint density at radius 3 is 3.08 bits per heavy atom. The topological polar surface area (TPSA) is 68.3 Å². The van der Waals surface area contributed by atoms with Gasteiger partial charge in [-0.2, -0.15) is 0 Å². The molecule has 1 aromatic heterocycles. The largest absolute Gasteiger partial charge is 0.465 e. The molecule has 0 aromatic carbocycles. The molecule has 0 spiro atoms. The van der Waals surface area contributed by atoms with Gasteiger partial charge in [0.05, 0.1) is 12.7 Å². The van der Waals surface area contributed by atoms with E-state index in [4.69, 9.17) is 0 Å². The predicted molar refractivity (Wildman–Crippen MR) is 45.3 cm³/mol. The van der Waals surface area contributed by atoms with Crippen molar-refractivity contribution in [2.24, 2.45) is 0 Å². The summed E-state index contributed by atoms with van der Waals surface area (Å²) in [7, 11) is 1.29. The van der Waals surface area contributed by atoms with E-state index in [9.17, 15) is 9.59 Å². The molecular formula is C8H8N2O3. The van der Waals surface area contributed by atoms with Crippen molar-refractivity contribution in [1.29, 1.82) is 0 Å². The molecule has 0 bridgehead atoms. The molecule has 5 heteroatoms. The van der Waals surface area contributed by atoms with Crippen molar-refractivity contribution < 1.29 is 14.3 Å². The number of aromatic nitrogens is 1. The second-order valence-electron chi connectivity index (χ2n) is 2.18. The lowest BCUT2D eigenvalue weighted by Gasteiger charge is -2.00. The van der Waals surface area contributed by atoms with Crippen LogP contribution in [0.25, 0.3) is 0 Å². The Bertz CT molecular complexity index is 325. The molecule has 13 heavy (non-hydrogen) atoms. The molecule has 0 saturated heterocycles. The van der Waals surface area contributed by atoms with Crippen LogP contribution < -0.4 is 5.32 Å². The van der Waals surface area contributed by atoms with E-state index >= 15 is 0 Å². The molecule has 0 saturated carbocycles. The zero-order chi connectivity index (χ0) is 9.68. The minimum Gasteiger partial charge on any atom is -0.465 e. The molecule has 0 radical (unpaired) electrons. The van der Waals surface area contributed by atoms with Gasteiger partial charge in [-0.3, -0.25) is 4.79 Å². The smallest absolute Gasteiger partial charge is 0.338 e. The van der Waals surface area contributed by atoms with Crippen LogP contribution in [0, 0.1) is 0 Å². The van der Waals surface area contributed by atoms with E-state index in [0.29, 0.717) is 17.8 Å². The maximum atomic E-state index is 11.0. The lowest BCUT2D eigenvalue weighted by atomic mass is 10.2. The number of amides is 1. The van der Waals surface area contributed by atoms with Crippen LogP contribution in [0.1, 0.15) is 10.4 Å². The Hall–Kier alpha value is -1.91. The molecule has 0 atom stereocenters. The normalized spacial score (nSPS) is 9.00. The molecule has 1 amide bonds. The van der Waals surface area contributed by atoms with E-state index in [1.165, 1.54) is 25.4 Å². The van der Waals surface area contributed by atoms with Gasteiger partial charge >= 0.3 is 5.97 Å². The summed E-state index contributed by atoms with van der Waals surface area (Å²) >= 11 is 0. The zero-order valence-corrected chi connectivity index (χ0v) is 6.98. The van der Waals surface area contributed by atoms with Gasteiger partial charge in [0, 0.05) is 6.20 Å². The lowest BCUT2D eigenvalue weighted by Crippen LogP contribution is -2.03. The number of nitrogens with zero attached hydrogens (tertiary/aromatic N) is 1. The van der Waals surface area contributed by atoms with Gasteiger partial charge in [0.1, 0.15) is 5.82 Å². The lowest BCUT2D eigenvalue weighted by molar-refractivity contribution is -0.105. The molecule has 0 aliphatic heterocycles. The van der Waals surface area contributed by atoms with Crippen LogP contribution in [0.15, 0.2) is 18.3 Å². The molecule has 0 aliphatic carbocycles. The first kappa shape index (κ1) is 9.18. The summed E-state index contributed by atoms with van der Waals surface area (Å²) in [6.45, 7) is 0. The first-order valence-electron chi connectivity index (χ1n) is 3.52. The highest BCUT2D eigenvalue weighted by atomic mass is 16.5. The number of pyridine rings is 1. The van der Waals surface area contributed by atoms with Crippen molar-refractivity contribution in [1.82, 2.24) is 4.98 Å². The minimum atomic E-state index is -0.462. The van der Waals surface area contributed by atoms with Crippen molar-refractivity contribution in [3.8, 4) is 0 Å². The van der Waals surface area contributed by atoms with Crippen molar-refractivity contribution in [3.05, 3.63) is 23.9 Å². The number of carbonyl (C=O) groups is 2. The van der Waals surface area contributed by atoms with Gasteiger partial charge in [-0.25, -0.2) is 9.78 Å². The minimum absolute atomic E-state index is 0.318. The van der Waals surface area contributed by atoms with E-state index in [2.05, 4.69) is 15.0 Å². The van der Waals surface area contributed by atoms with Gasteiger partial charge in [0.25, 0.3) is 0 Å². The van der Waals surface area contributed by atoms with Crippen molar-refractivity contribution in [3.63, 3.8) is 0 Å². The third kappa shape index (κ3) is 2.26. The van der Waals surface area contributed by atoms with Gasteiger partial charge in [-0.05, 0) is 12.1 Å². The van der Waals surface area contributed by atoms with Gasteiger partial charge in [0.15, 0.2) is 0 Å². The number of nitrogens with one attached hydrogen (secondary N) is 1. The van der Waals surface area contributed by atoms with Crippen LogP contribution in [0.2, 0.25) is 0 Å². The number of carbonyl (C=O) groups excluding carboxylic acids is 2. The predicted octanol–water partition coefficient (Wildman–Crippen LogP) is 0.436. The molecular weight excluding hydrogens is 172 g/mol. The Kier molecular flexibility index (Phi) is 2.97. The monoisotopic (exact) mass is 180 g/mol. The number of hydrogen-bond donors (Lipinski definition) is 1. The van der Waals surface area contributed by atoms with Crippen LogP contribution in [0.4, 0.5) is 5.82 Å². The van der Waals surface area contributed by atoms with Crippen LogP contribution in [0.5, 0.6) is 0 Å². The Morgan fingerprint density at radius 2 is 2.46 bits per heavy atom. The summed E-state index contributed by atoms with van der Waals surface area (Å²) in [4.78, 5) is 24.9.